The fraction of sp³-hybridized carbons (Fsp3) is 0.579. The molecule has 0 fully saturated rings. The second-order valence-electron chi connectivity index (χ2n) is 7.65. The number of carbonyl (C=O) groups is 2. The Bertz CT molecular complexity index is 630. The maximum absolute atomic E-state index is 12.4. The quantitative estimate of drug-likeness (QED) is 0.392. The van der Waals surface area contributed by atoms with Crippen molar-refractivity contribution in [3.8, 4) is 0 Å². The molecule has 0 amide bonds. The van der Waals surface area contributed by atoms with Gasteiger partial charge >= 0.3 is 11.9 Å². The number of hydrogen-bond acceptors (Lipinski definition) is 6. The normalized spacial score (nSPS) is 12.5. The summed E-state index contributed by atoms with van der Waals surface area (Å²) in [6.07, 6.45) is 0.479. The number of nitro benzene ring substituents is 1. The van der Waals surface area contributed by atoms with E-state index in [0.717, 1.165) is 0 Å². The van der Waals surface area contributed by atoms with Crippen molar-refractivity contribution in [2.75, 3.05) is 0 Å². The summed E-state index contributed by atoms with van der Waals surface area (Å²) < 4.78 is 10.6. The molecule has 0 aliphatic carbocycles. The third-order valence-corrected chi connectivity index (χ3v) is 3.45. The number of non-ortho nitro benzene ring substituents is 1. The molecule has 0 heterocycles. The van der Waals surface area contributed by atoms with Crippen LogP contribution in [0.5, 0.6) is 0 Å². The maximum Gasteiger partial charge on any atom is 0.309 e. The van der Waals surface area contributed by atoms with Gasteiger partial charge in [0.15, 0.2) is 0 Å². The smallest absolute Gasteiger partial charge is 0.309 e. The molecule has 1 aromatic carbocycles. The van der Waals surface area contributed by atoms with Gasteiger partial charge in [0.1, 0.15) is 12.2 Å². The monoisotopic (exact) mass is 365 g/mol. The summed E-state index contributed by atoms with van der Waals surface area (Å²) in [5.41, 5.74) is 0.00878. The van der Waals surface area contributed by atoms with Crippen molar-refractivity contribution < 1.29 is 24.0 Å². The van der Waals surface area contributed by atoms with E-state index in [1.165, 1.54) is 24.3 Å². The molecule has 144 valence electrons. The van der Waals surface area contributed by atoms with Gasteiger partial charge in [-0.3, -0.25) is 19.7 Å². The van der Waals surface area contributed by atoms with Crippen molar-refractivity contribution in [3.05, 3.63) is 39.9 Å². The average molecular weight is 365 g/mol. The van der Waals surface area contributed by atoms with Crippen molar-refractivity contribution in [2.24, 2.45) is 11.8 Å². The van der Waals surface area contributed by atoms with E-state index in [1.807, 2.05) is 13.8 Å². The van der Waals surface area contributed by atoms with Crippen LogP contribution >= 0.6 is 0 Å². The number of nitro groups is 1. The third kappa shape index (κ3) is 8.09. The lowest BCUT2D eigenvalue weighted by molar-refractivity contribution is -0.384. The third-order valence-electron chi connectivity index (χ3n) is 3.45. The zero-order chi connectivity index (χ0) is 19.9. The Morgan fingerprint density at radius 3 is 2.19 bits per heavy atom. The molecule has 0 saturated carbocycles. The lowest BCUT2D eigenvalue weighted by Crippen LogP contribution is -2.28. The Balaban J connectivity index is 2.67. The zero-order valence-corrected chi connectivity index (χ0v) is 16.0. The minimum absolute atomic E-state index is 0.000257. The topological polar surface area (TPSA) is 95.7 Å². The van der Waals surface area contributed by atoms with Crippen LogP contribution in [0.1, 0.15) is 53.0 Å². The molecule has 0 saturated heterocycles. The van der Waals surface area contributed by atoms with Gasteiger partial charge in [0.05, 0.1) is 17.3 Å². The number of benzene rings is 1. The first kappa shape index (κ1) is 21.6. The first-order valence-corrected chi connectivity index (χ1v) is 8.59. The van der Waals surface area contributed by atoms with Crippen molar-refractivity contribution in [1.29, 1.82) is 0 Å². The maximum atomic E-state index is 12.4. The standard InChI is InChI=1S/C19H27NO6/c1-13(2)10-15(11-17(21)26-19(3,4)5)18(22)25-12-14-6-8-16(9-7-14)20(23)24/h6-9,13,15H,10-12H2,1-5H3/t15-/m1/s1. The van der Waals surface area contributed by atoms with Crippen LogP contribution in [0, 0.1) is 22.0 Å². The summed E-state index contributed by atoms with van der Waals surface area (Å²) in [5, 5.41) is 10.6. The second-order valence-corrected chi connectivity index (χ2v) is 7.65. The summed E-state index contributed by atoms with van der Waals surface area (Å²) in [4.78, 5) is 34.6. The minimum atomic E-state index is -0.609. The molecule has 1 aromatic rings. The van der Waals surface area contributed by atoms with E-state index < -0.39 is 28.4 Å². The van der Waals surface area contributed by atoms with Gasteiger partial charge in [-0.25, -0.2) is 0 Å². The number of esters is 2. The molecule has 1 atom stereocenters. The van der Waals surface area contributed by atoms with Crippen LogP contribution in [0.3, 0.4) is 0 Å². The molecule has 0 spiro atoms. The van der Waals surface area contributed by atoms with Crippen molar-refractivity contribution >= 4 is 17.6 Å². The van der Waals surface area contributed by atoms with Gasteiger partial charge < -0.3 is 9.47 Å². The van der Waals surface area contributed by atoms with E-state index in [2.05, 4.69) is 0 Å². The molecular weight excluding hydrogens is 338 g/mol. The fourth-order valence-electron chi connectivity index (χ4n) is 2.40. The number of hydrogen-bond donors (Lipinski definition) is 0. The SMILES string of the molecule is CC(C)C[C@H](CC(=O)OC(C)(C)C)C(=O)OCc1ccc([N+](=O)[O-])cc1. The summed E-state index contributed by atoms with van der Waals surface area (Å²) in [7, 11) is 0. The highest BCUT2D eigenvalue weighted by Gasteiger charge is 2.27. The predicted molar refractivity (Wildman–Crippen MR) is 96.3 cm³/mol. The number of carbonyl (C=O) groups excluding carboxylic acids is 2. The summed E-state index contributed by atoms with van der Waals surface area (Å²) >= 11 is 0. The zero-order valence-electron chi connectivity index (χ0n) is 16.0. The van der Waals surface area contributed by atoms with E-state index in [1.54, 1.807) is 20.8 Å². The van der Waals surface area contributed by atoms with Crippen LogP contribution < -0.4 is 0 Å². The molecule has 0 N–H and O–H groups in total. The first-order valence-electron chi connectivity index (χ1n) is 8.59. The lowest BCUT2D eigenvalue weighted by Gasteiger charge is -2.22. The Labute approximate surface area is 153 Å². The molecule has 0 aliphatic rings. The molecule has 0 aliphatic heterocycles. The van der Waals surface area contributed by atoms with E-state index in [4.69, 9.17) is 9.47 Å². The van der Waals surface area contributed by atoms with Gasteiger partial charge in [0.2, 0.25) is 0 Å². The second kappa shape index (κ2) is 9.31. The van der Waals surface area contributed by atoms with Crippen LogP contribution in [-0.2, 0) is 25.7 Å². The van der Waals surface area contributed by atoms with E-state index in [0.29, 0.717) is 12.0 Å². The Morgan fingerprint density at radius 1 is 1.15 bits per heavy atom. The Morgan fingerprint density at radius 2 is 1.73 bits per heavy atom. The summed E-state index contributed by atoms with van der Waals surface area (Å²) in [6, 6.07) is 5.79. The van der Waals surface area contributed by atoms with Crippen LogP contribution in [0.4, 0.5) is 5.69 Å². The van der Waals surface area contributed by atoms with Crippen LogP contribution in [0.15, 0.2) is 24.3 Å². The van der Waals surface area contributed by atoms with Gasteiger partial charge in [-0.15, -0.1) is 0 Å². The van der Waals surface area contributed by atoms with E-state index in [-0.39, 0.29) is 24.6 Å². The summed E-state index contributed by atoms with van der Waals surface area (Å²) in [6.45, 7) is 9.25. The van der Waals surface area contributed by atoms with Gasteiger partial charge in [-0.1, -0.05) is 13.8 Å². The predicted octanol–water partition coefficient (Wildman–Crippen LogP) is 4.03. The van der Waals surface area contributed by atoms with Crippen LogP contribution in [0.25, 0.3) is 0 Å². The van der Waals surface area contributed by atoms with Crippen LogP contribution in [-0.4, -0.2) is 22.5 Å². The van der Waals surface area contributed by atoms with Crippen molar-refractivity contribution in [1.82, 2.24) is 0 Å². The fourth-order valence-corrected chi connectivity index (χ4v) is 2.40. The molecule has 0 radical (unpaired) electrons. The van der Waals surface area contributed by atoms with E-state index in [9.17, 15) is 19.7 Å². The highest BCUT2D eigenvalue weighted by Crippen LogP contribution is 2.21. The molecular formula is C19H27NO6. The molecule has 26 heavy (non-hydrogen) atoms. The van der Waals surface area contributed by atoms with E-state index >= 15 is 0 Å². The molecule has 0 aromatic heterocycles. The van der Waals surface area contributed by atoms with Crippen molar-refractivity contribution in [3.63, 3.8) is 0 Å². The molecule has 7 nitrogen and oxygen atoms in total. The minimum Gasteiger partial charge on any atom is -0.461 e. The Kier molecular flexibility index (Phi) is 7.74. The van der Waals surface area contributed by atoms with Gasteiger partial charge in [0, 0.05) is 12.1 Å². The highest BCUT2D eigenvalue weighted by molar-refractivity contribution is 5.80. The van der Waals surface area contributed by atoms with Crippen molar-refractivity contribution in [2.45, 2.75) is 59.7 Å². The molecule has 0 unspecified atom stereocenters. The lowest BCUT2D eigenvalue weighted by atomic mass is 9.94. The van der Waals surface area contributed by atoms with Crippen LogP contribution in [0.2, 0.25) is 0 Å². The first-order chi connectivity index (χ1) is 12.0. The number of ether oxygens (including phenoxy) is 2. The van der Waals surface area contributed by atoms with Gasteiger partial charge in [0.25, 0.3) is 5.69 Å². The number of nitrogens with zero attached hydrogens (tertiary/aromatic N) is 1. The molecule has 7 heteroatoms. The summed E-state index contributed by atoms with van der Waals surface area (Å²) in [5.74, 6) is -1.27. The number of rotatable bonds is 8. The van der Waals surface area contributed by atoms with Gasteiger partial charge in [-0.05, 0) is 50.8 Å². The van der Waals surface area contributed by atoms with Gasteiger partial charge in [-0.2, -0.15) is 0 Å². The molecule has 0 bridgehead atoms. The highest BCUT2D eigenvalue weighted by atomic mass is 16.6. The average Bonchev–Trinajstić information content (AvgIpc) is 2.50. The molecule has 1 rings (SSSR count). The largest absolute Gasteiger partial charge is 0.461 e. The Hall–Kier alpha value is -2.44.